The normalized spacial score (nSPS) is 16.2. The number of nitrogens with zero attached hydrogens (tertiary/aromatic N) is 15. The van der Waals surface area contributed by atoms with E-state index in [0.29, 0.717) is 130 Å². The first kappa shape index (κ1) is 85.1. The molecule has 0 bridgehead atoms. The smallest absolute Gasteiger partial charge is 0.244 e. The third kappa shape index (κ3) is 22.7. The Hall–Kier alpha value is -9.83. The van der Waals surface area contributed by atoms with Crippen LogP contribution in [0.1, 0.15) is 149 Å². The predicted molar refractivity (Wildman–Crippen MR) is 454 cm³/mol. The van der Waals surface area contributed by atoms with E-state index in [4.69, 9.17) is 44.3 Å². The average molecular weight is 1680 g/mol. The van der Waals surface area contributed by atoms with Crippen molar-refractivity contribution in [2.45, 2.75) is 142 Å². The van der Waals surface area contributed by atoms with E-state index in [9.17, 15) is 18.0 Å². The highest BCUT2D eigenvalue weighted by molar-refractivity contribution is 7.89. The number of pyridine rings is 1. The molecule has 3 aromatic carbocycles. The number of aromatic nitrogens is 13. The lowest BCUT2D eigenvalue weighted by molar-refractivity contribution is -0.133. The number of hydrogen-bond donors (Lipinski definition) is 8. The number of nitrogens with one attached hydrogen (secondary N) is 8. The van der Waals surface area contributed by atoms with Crippen LogP contribution in [-0.2, 0) is 35.5 Å². The fourth-order valence-electron chi connectivity index (χ4n) is 15.6. The van der Waals surface area contributed by atoms with Gasteiger partial charge in [-0.3, -0.25) is 39.7 Å². The Kier molecular flexibility index (Phi) is 28.8. The summed E-state index contributed by atoms with van der Waals surface area (Å²) in [6, 6.07) is 21.0. The number of ether oxygens (including phenoxy) is 2. The van der Waals surface area contributed by atoms with Crippen LogP contribution < -0.4 is 26.6 Å². The number of rotatable bonds is 24. The van der Waals surface area contributed by atoms with Gasteiger partial charge in [-0.1, -0.05) is 53.0 Å². The predicted octanol–water partition coefficient (Wildman–Crippen LogP) is 14.7. The highest BCUT2D eigenvalue weighted by atomic mass is 35.5. The van der Waals surface area contributed by atoms with Gasteiger partial charge in [0.15, 0.2) is 34.9 Å². The summed E-state index contributed by atoms with van der Waals surface area (Å²) < 4.78 is 53.4. The van der Waals surface area contributed by atoms with Gasteiger partial charge in [-0.15, -0.1) is 0 Å². The highest BCUT2D eigenvalue weighted by Crippen LogP contribution is 2.39. The van der Waals surface area contributed by atoms with Crippen LogP contribution in [0.3, 0.4) is 0 Å². The van der Waals surface area contributed by atoms with Gasteiger partial charge in [0.1, 0.15) is 31.6 Å². The second-order valence-corrected chi connectivity index (χ2v) is 33.8. The van der Waals surface area contributed by atoms with Gasteiger partial charge in [0.2, 0.25) is 33.7 Å². The largest absolute Gasteiger partial charge is 0.379 e. The molecule has 15 rings (SSSR count). The summed E-state index contributed by atoms with van der Waals surface area (Å²) >= 11 is 18.9. The van der Waals surface area contributed by atoms with Gasteiger partial charge in [-0.2, -0.15) is 29.6 Å². The fraction of sp³-hybridized carbons (Fsp3) is 0.446. The van der Waals surface area contributed by atoms with Crippen LogP contribution in [0.4, 0.5) is 62.6 Å². The second kappa shape index (κ2) is 39.6. The first-order valence-corrected chi connectivity index (χ1v) is 42.5. The number of halogens is 4. The number of hydrogen-bond acceptors (Lipinski definition) is 23. The van der Waals surface area contributed by atoms with Crippen molar-refractivity contribution in [2.24, 2.45) is 0 Å². The van der Waals surface area contributed by atoms with Crippen LogP contribution in [0.25, 0.3) is 0 Å². The van der Waals surface area contributed by atoms with Crippen molar-refractivity contribution >= 4 is 115 Å². The molecule has 5 fully saturated rings. The maximum absolute atomic E-state index is 15.3. The summed E-state index contributed by atoms with van der Waals surface area (Å²) in [5, 5.41) is 38.3. The summed E-state index contributed by atoms with van der Waals surface area (Å²) in [5.74, 6) is 5.72. The SMILES string of the molecule is Cc1cc(Nc2nc(Cc3cc(C)c(C4CCN(S(=O)(=O)c5cccnc5)CC4)cc3F)ncc2Cl)n[nH]1.Cc1cc(Nc2nc(Nc3cc(C)c(C4CCN(C(=O)CCCN5CCOCC5)CC4)cc3C)ncc2Cl)n[nH]1.Cc1cc(Nc2nc(Nc3cc(C)c(C4CCN(C(=O)CCN5CCOCC5)CC4)cc3C)ncc2Cl)n[nH]1. The van der Waals surface area contributed by atoms with Gasteiger partial charge in [0.25, 0.3) is 0 Å². The first-order chi connectivity index (χ1) is 56.4. The van der Waals surface area contributed by atoms with Crippen LogP contribution in [0.15, 0.2) is 103 Å². The Balaban J connectivity index is 0.000000152. The van der Waals surface area contributed by atoms with Crippen molar-refractivity contribution in [3.8, 4) is 0 Å². The van der Waals surface area contributed by atoms with Gasteiger partial charge >= 0.3 is 0 Å². The molecule has 0 unspecified atom stereocenters. The summed E-state index contributed by atoms with van der Waals surface area (Å²) in [5.41, 5.74) is 14.4. The number of carbonyl (C=O) groups excluding carboxylic acids is 2. The van der Waals surface area contributed by atoms with Crippen molar-refractivity contribution in [2.75, 3.05) is 132 Å². The molecule has 5 aliphatic rings. The number of morpholine rings is 2. The first-order valence-electron chi connectivity index (χ1n) is 40.0. The van der Waals surface area contributed by atoms with E-state index in [1.54, 1.807) is 36.8 Å². The zero-order valence-corrected chi connectivity index (χ0v) is 70.5. The Morgan fingerprint density at radius 1 is 0.496 bits per heavy atom. The molecule has 117 heavy (non-hydrogen) atoms. The van der Waals surface area contributed by atoms with E-state index < -0.39 is 10.0 Å². The Morgan fingerprint density at radius 3 is 1.38 bits per heavy atom. The van der Waals surface area contributed by atoms with Gasteiger partial charge in [0.05, 0.1) is 45.0 Å². The number of carbonyl (C=O) groups is 2. The summed E-state index contributed by atoms with van der Waals surface area (Å²) in [7, 11) is -3.59. The molecular formula is C83H103Cl3FN23O6S. The quantitative estimate of drug-likeness (QED) is 0.0279. The van der Waals surface area contributed by atoms with Crippen molar-refractivity contribution in [1.82, 2.24) is 89.4 Å². The Morgan fingerprint density at radius 2 is 0.923 bits per heavy atom. The van der Waals surface area contributed by atoms with E-state index in [1.165, 1.54) is 39.0 Å². The summed E-state index contributed by atoms with van der Waals surface area (Å²) in [6.45, 7) is 28.9. The number of sulfonamides is 1. The summed E-state index contributed by atoms with van der Waals surface area (Å²) in [4.78, 5) is 65.1. The zero-order valence-electron chi connectivity index (χ0n) is 67.4. The molecule has 0 spiro atoms. The standard InChI is InChI=1S/C29H39ClN8O2.C28H37ClN8O2.C26H27ClFN7O2S/c1-19-16-25(32-29-31-18-24(30)28(34-29)33-26-17-21(3)35-36-26)20(2)15-23(19)22-6-9-38(10-7-22)27(39)5-4-8-37-11-13-40-14-12-37;1-18-15-24(31-28-30-17-23(29)27(33-28)32-25-16-20(3)34-35-25)19(2)14-22(18)21-4-8-37(9-5-21)26(38)6-7-36-10-12-39-13-11-36;1-16-10-19(12-24-30-15-22(27)26(31-24)32-25-11-17(2)33-34-25)23(28)13-21(16)18-5-8-35(9-6-18)38(36,37)20-4-3-7-29-14-20/h15-18,22H,4-14H2,1-3H3,(H3,31,32,33,34,35,36);14-17,21H,4-13H2,1-3H3,(H3,30,31,32,33,34,35);3-4,7,10-11,13-15,18H,5-6,8-9,12H2,1-2H3,(H2,30,31,32,33,34). The van der Waals surface area contributed by atoms with Gasteiger partial charge in [0, 0.05) is 150 Å². The molecule has 29 nitrogen and oxygen atoms in total. The minimum Gasteiger partial charge on any atom is -0.379 e. The van der Waals surface area contributed by atoms with Crippen LogP contribution in [0, 0.1) is 61.2 Å². The number of H-pyrrole nitrogens is 3. The average Bonchev–Trinajstić information content (AvgIpc) is 1.51. The van der Waals surface area contributed by atoms with Gasteiger partial charge < -0.3 is 45.9 Å². The number of aryl methyl sites for hydroxylation is 8. The second-order valence-electron chi connectivity index (χ2n) is 30.7. The minimum atomic E-state index is -3.59. The van der Waals surface area contributed by atoms with Crippen LogP contribution in [0.5, 0.6) is 0 Å². The number of aromatic amines is 3. The van der Waals surface area contributed by atoms with Gasteiger partial charge in [-0.05, 0) is 205 Å². The maximum atomic E-state index is 15.3. The van der Waals surface area contributed by atoms with Crippen LogP contribution in [0.2, 0.25) is 15.1 Å². The fourth-order valence-corrected chi connectivity index (χ4v) is 17.4. The number of benzene rings is 3. The molecule has 5 aliphatic heterocycles. The van der Waals surface area contributed by atoms with Crippen LogP contribution >= 0.6 is 34.8 Å². The van der Waals surface area contributed by atoms with Crippen molar-refractivity contribution in [3.05, 3.63) is 192 Å². The summed E-state index contributed by atoms with van der Waals surface area (Å²) in [6.07, 6.45) is 15.1. The van der Waals surface area contributed by atoms with Crippen molar-refractivity contribution in [3.63, 3.8) is 0 Å². The van der Waals surface area contributed by atoms with E-state index in [-0.39, 0.29) is 29.0 Å². The lowest BCUT2D eigenvalue weighted by Crippen LogP contribution is -2.42. The molecule has 7 aromatic heterocycles. The molecular weight excluding hydrogens is 1570 g/mol. The van der Waals surface area contributed by atoms with E-state index in [0.717, 1.165) is 175 Å². The highest BCUT2D eigenvalue weighted by Gasteiger charge is 2.33. The van der Waals surface area contributed by atoms with Crippen molar-refractivity contribution in [1.29, 1.82) is 0 Å². The molecule has 8 N–H and O–H groups in total. The monoisotopic (exact) mass is 1670 g/mol. The molecule has 10 aromatic rings. The molecule has 0 saturated carbocycles. The van der Waals surface area contributed by atoms with E-state index in [2.05, 4.69) is 159 Å². The minimum absolute atomic E-state index is 0.0683. The molecule has 5 saturated heterocycles. The number of likely N-dealkylation sites (tertiary alicyclic amines) is 2. The molecule has 2 amide bonds. The molecule has 620 valence electrons. The van der Waals surface area contributed by atoms with Gasteiger partial charge in [-0.25, -0.2) is 32.7 Å². The number of anilines is 10. The lowest BCUT2D eigenvalue weighted by Gasteiger charge is -2.34. The van der Waals surface area contributed by atoms with Crippen molar-refractivity contribution < 1.29 is 31.9 Å². The zero-order chi connectivity index (χ0) is 82.3. The lowest BCUT2D eigenvalue weighted by atomic mass is 9.85. The van der Waals surface area contributed by atoms with E-state index >= 15 is 4.39 Å². The Bertz CT molecular complexity index is 5180. The topological polar surface area (TPSA) is 339 Å². The number of amides is 2. The Labute approximate surface area is 697 Å². The molecule has 34 heteroatoms. The maximum Gasteiger partial charge on any atom is 0.244 e. The molecule has 12 heterocycles. The third-order valence-corrected chi connectivity index (χ3v) is 24.8. The van der Waals surface area contributed by atoms with Crippen LogP contribution in [-0.4, -0.2) is 215 Å². The molecule has 0 atom stereocenters. The molecule has 0 radical (unpaired) electrons. The molecule has 0 aliphatic carbocycles. The number of piperidine rings is 3. The third-order valence-electron chi connectivity index (χ3n) is 22.1. The van der Waals surface area contributed by atoms with E-state index in [1.807, 2.05) is 56.9 Å².